The molecule has 1 heterocycles. The Morgan fingerprint density at radius 2 is 1.70 bits per heavy atom. The van der Waals surface area contributed by atoms with E-state index in [0.717, 1.165) is 11.6 Å². The molecular weight excluding hydrogens is 473 g/mol. The number of ether oxygens (including phenoxy) is 1. The molecule has 2 N–H and O–H groups in total. The van der Waals surface area contributed by atoms with Gasteiger partial charge in [0.25, 0.3) is 5.91 Å². The first kappa shape index (κ1) is 23.0. The van der Waals surface area contributed by atoms with Gasteiger partial charge in [-0.25, -0.2) is 8.78 Å². The van der Waals surface area contributed by atoms with Gasteiger partial charge in [-0.2, -0.15) is 0 Å². The van der Waals surface area contributed by atoms with Crippen molar-refractivity contribution in [3.8, 4) is 5.75 Å². The summed E-state index contributed by atoms with van der Waals surface area (Å²) in [5, 5.41) is 5.44. The number of hydrogen-bond donors (Lipinski definition) is 2. The van der Waals surface area contributed by atoms with Gasteiger partial charge in [-0.15, -0.1) is 0 Å². The third-order valence-corrected chi connectivity index (χ3v) is 5.84. The summed E-state index contributed by atoms with van der Waals surface area (Å²) in [5.41, 5.74) is 1.95. The zero-order chi connectivity index (χ0) is 23.5. The molecule has 0 radical (unpaired) electrons. The standard InChI is InChI=1S/C24H18Cl2F2N2O3/c25-18-4-1-13(7-20(18)27)11-29-23(31)16-8-15-9-17(3-6-22(15)33-12-16)30-24(32)14-2-5-19(26)21(28)10-14/h1-7,9-10,16H,8,11-12H2,(H,29,31)(H,30,32). The van der Waals surface area contributed by atoms with Gasteiger partial charge < -0.3 is 15.4 Å². The maximum Gasteiger partial charge on any atom is 0.255 e. The van der Waals surface area contributed by atoms with Crippen molar-refractivity contribution in [1.82, 2.24) is 5.32 Å². The van der Waals surface area contributed by atoms with Gasteiger partial charge >= 0.3 is 0 Å². The van der Waals surface area contributed by atoms with Crippen molar-refractivity contribution in [2.45, 2.75) is 13.0 Å². The number of nitrogens with one attached hydrogen (secondary N) is 2. The van der Waals surface area contributed by atoms with E-state index < -0.39 is 23.5 Å². The fourth-order valence-corrected chi connectivity index (χ4v) is 3.70. The van der Waals surface area contributed by atoms with Crippen molar-refractivity contribution >= 4 is 40.7 Å². The summed E-state index contributed by atoms with van der Waals surface area (Å²) >= 11 is 11.3. The summed E-state index contributed by atoms with van der Waals surface area (Å²) in [6.45, 7) is 0.355. The summed E-state index contributed by atoms with van der Waals surface area (Å²) in [7, 11) is 0. The van der Waals surface area contributed by atoms with Crippen molar-refractivity contribution in [2.24, 2.45) is 5.92 Å². The van der Waals surface area contributed by atoms with E-state index in [1.807, 2.05) is 0 Å². The molecule has 9 heteroatoms. The molecule has 3 aromatic rings. The molecule has 0 saturated carbocycles. The second-order valence-electron chi connectivity index (χ2n) is 7.58. The van der Waals surface area contributed by atoms with Crippen LogP contribution in [0.1, 0.15) is 21.5 Å². The first-order valence-corrected chi connectivity index (χ1v) is 10.8. The van der Waals surface area contributed by atoms with E-state index in [2.05, 4.69) is 10.6 Å². The molecule has 0 bridgehead atoms. The monoisotopic (exact) mass is 490 g/mol. The molecule has 2 amide bonds. The maximum atomic E-state index is 13.6. The maximum absolute atomic E-state index is 13.6. The quantitative estimate of drug-likeness (QED) is 0.503. The normalized spacial score (nSPS) is 14.7. The molecule has 0 fully saturated rings. The van der Waals surface area contributed by atoms with Crippen LogP contribution in [0.25, 0.3) is 0 Å². The summed E-state index contributed by atoms with van der Waals surface area (Å²) in [5.74, 6) is -1.79. The average molecular weight is 491 g/mol. The Bertz CT molecular complexity index is 1240. The zero-order valence-electron chi connectivity index (χ0n) is 17.1. The molecule has 5 nitrogen and oxygen atoms in total. The fourth-order valence-electron chi connectivity index (χ4n) is 3.46. The van der Waals surface area contributed by atoms with E-state index in [4.69, 9.17) is 27.9 Å². The molecule has 3 aromatic carbocycles. The Morgan fingerprint density at radius 3 is 2.42 bits per heavy atom. The summed E-state index contributed by atoms with van der Waals surface area (Å²) in [6, 6.07) is 13.2. The topological polar surface area (TPSA) is 67.4 Å². The van der Waals surface area contributed by atoms with Crippen LogP contribution in [0.15, 0.2) is 54.6 Å². The highest BCUT2D eigenvalue weighted by molar-refractivity contribution is 6.31. The lowest BCUT2D eigenvalue weighted by molar-refractivity contribution is -0.126. The van der Waals surface area contributed by atoms with E-state index in [9.17, 15) is 18.4 Å². The van der Waals surface area contributed by atoms with E-state index in [1.165, 1.54) is 24.3 Å². The summed E-state index contributed by atoms with van der Waals surface area (Å²) < 4.78 is 32.9. The molecule has 4 rings (SSSR count). The van der Waals surface area contributed by atoms with Crippen LogP contribution < -0.4 is 15.4 Å². The SMILES string of the molecule is O=C(Nc1ccc2c(c1)CC(C(=O)NCc1ccc(Cl)c(F)c1)CO2)c1ccc(Cl)c(F)c1. The molecule has 170 valence electrons. The highest BCUT2D eigenvalue weighted by atomic mass is 35.5. The van der Waals surface area contributed by atoms with Crippen molar-refractivity contribution in [1.29, 1.82) is 0 Å². The Hall–Kier alpha value is -3.16. The molecule has 1 atom stereocenters. The second-order valence-corrected chi connectivity index (χ2v) is 8.40. The van der Waals surface area contributed by atoms with Crippen LogP contribution in [0.2, 0.25) is 10.0 Å². The number of fused-ring (bicyclic) bond motifs is 1. The molecule has 1 unspecified atom stereocenters. The number of hydrogen-bond acceptors (Lipinski definition) is 3. The number of anilines is 1. The van der Waals surface area contributed by atoms with Crippen molar-refractivity contribution in [3.05, 3.63) is 93.0 Å². The van der Waals surface area contributed by atoms with Crippen LogP contribution >= 0.6 is 23.2 Å². The molecule has 0 saturated heterocycles. The van der Waals surface area contributed by atoms with Crippen molar-refractivity contribution in [3.63, 3.8) is 0 Å². The van der Waals surface area contributed by atoms with Crippen LogP contribution in [0.3, 0.4) is 0 Å². The van der Waals surface area contributed by atoms with Crippen LogP contribution in [-0.4, -0.2) is 18.4 Å². The van der Waals surface area contributed by atoms with Gasteiger partial charge in [-0.05, 0) is 66.1 Å². The predicted molar refractivity (Wildman–Crippen MR) is 122 cm³/mol. The summed E-state index contributed by atoms with van der Waals surface area (Å²) in [4.78, 5) is 25.0. The van der Waals surface area contributed by atoms with E-state index >= 15 is 0 Å². The molecule has 0 aromatic heterocycles. The number of rotatable bonds is 5. The van der Waals surface area contributed by atoms with Gasteiger partial charge in [0.15, 0.2) is 0 Å². The Morgan fingerprint density at radius 1 is 0.970 bits per heavy atom. The van der Waals surface area contributed by atoms with E-state index in [-0.39, 0.29) is 34.7 Å². The second kappa shape index (κ2) is 9.77. The summed E-state index contributed by atoms with van der Waals surface area (Å²) in [6.07, 6.45) is 0.398. The number of benzene rings is 3. The molecule has 1 aliphatic heterocycles. The van der Waals surface area contributed by atoms with Crippen LogP contribution in [0.5, 0.6) is 5.75 Å². The Labute approximate surface area is 198 Å². The van der Waals surface area contributed by atoms with Gasteiger partial charge in [-0.1, -0.05) is 29.3 Å². The number of carbonyl (C=O) groups is 2. The van der Waals surface area contributed by atoms with Crippen LogP contribution in [0, 0.1) is 17.6 Å². The molecule has 1 aliphatic rings. The predicted octanol–water partition coefficient (Wildman–Crippen LogP) is 5.39. The van der Waals surface area contributed by atoms with Gasteiger partial charge in [0, 0.05) is 17.8 Å². The lowest BCUT2D eigenvalue weighted by atomic mass is 9.95. The van der Waals surface area contributed by atoms with Gasteiger partial charge in [0.1, 0.15) is 24.0 Å². The third kappa shape index (κ3) is 5.43. The average Bonchev–Trinajstić information content (AvgIpc) is 2.80. The minimum atomic E-state index is -0.682. The minimum Gasteiger partial charge on any atom is -0.492 e. The number of carbonyl (C=O) groups excluding carboxylic acids is 2. The minimum absolute atomic E-state index is 0.0199. The Balaban J connectivity index is 1.39. The largest absolute Gasteiger partial charge is 0.492 e. The smallest absolute Gasteiger partial charge is 0.255 e. The van der Waals surface area contributed by atoms with Gasteiger partial charge in [0.05, 0.1) is 16.0 Å². The molecule has 0 aliphatic carbocycles. The number of amides is 2. The lowest BCUT2D eigenvalue weighted by Gasteiger charge is -2.25. The molecule has 0 spiro atoms. The highest BCUT2D eigenvalue weighted by Gasteiger charge is 2.26. The van der Waals surface area contributed by atoms with Crippen molar-refractivity contribution in [2.75, 3.05) is 11.9 Å². The lowest BCUT2D eigenvalue weighted by Crippen LogP contribution is -2.37. The van der Waals surface area contributed by atoms with Crippen molar-refractivity contribution < 1.29 is 23.1 Å². The van der Waals surface area contributed by atoms with Gasteiger partial charge in [0.2, 0.25) is 5.91 Å². The molecule has 33 heavy (non-hydrogen) atoms. The number of halogens is 4. The van der Waals surface area contributed by atoms with E-state index in [0.29, 0.717) is 23.4 Å². The van der Waals surface area contributed by atoms with Crippen LogP contribution in [0.4, 0.5) is 14.5 Å². The van der Waals surface area contributed by atoms with Gasteiger partial charge in [-0.3, -0.25) is 9.59 Å². The first-order valence-electron chi connectivity index (χ1n) is 10.0. The third-order valence-electron chi connectivity index (χ3n) is 5.23. The Kier molecular flexibility index (Phi) is 6.81. The first-order chi connectivity index (χ1) is 15.8. The zero-order valence-corrected chi connectivity index (χ0v) is 18.6. The highest BCUT2D eigenvalue weighted by Crippen LogP contribution is 2.30. The van der Waals surface area contributed by atoms with Crippen LogP contribution in [-0.2, 0) is 17.8 Å². The molecular formula is C24H18Cl2F2N2O3. The fraction of sp³-hybridized carbons (Fsp3) is 0.167. The van der Waals surface area contributed by atoms with E-state index in [1.54, 1.807) is 24.3 Å².